The van der Waals surface area contributed by atoms with Gasteiger partial charge in [0, 0.05) is 46.4 Å². The van der Waals surface area contributed by atoms with Gasteiger partial charge in [0.25, 0.3) is 0 Å². The number of aliphatic imine (C=N–C) groups is 1. The summed E-state index contributed by atoms with van der Waals surface area (Å²) in [5.74, 6) is 1.86. The van der Waals surface area contributed by atoms with Crippen LogP contribution in [0.2, 0.25) is 0 Å². The minimum Gasteiger partial charge on any atom is -0.497 e. The van der Waals surface area contributed by atoms with Crippen molar-refractivity contribution in [1.82, 2.24) is 10.2 Å². The minimum atomic E-state index is 0. The van der Waals surface area contributed by atoms with Gasteiger partial charge >= 0.3 is 0 Å². The maximum absolute atomic E-state index is 5.77. The van der Waals surface area contributed by atoms with Gasteiger partial charge in [-0.1, -0.05) is 12.1 Å². The molecule has 1 aliphatic rings. The zero-order valence-corrected chi connectivity index (χ0v) is 20.3. The molecule has 0 unspecified atom stereocenters. The van der Waals surface area contributed by atoms with Crippen LogP contribution in [0.25, 0.3) is 0 Å². The number of ether oxygens (including phenoxy) is 2. The van der Waals surface area contributed by atoms with Crippen molar-refractivity contribution in [3.63, 3.8) is 0 Å². The highest BCUT2D eigenvalue weighted by atomic mass is 127. The molecule has 3 rings (SSSR count). The Balaban J connectivity index is 0.00000300. The van der Waals surface area contributed by atoms with E-state index in [1.807, 2.05) is 42.6 Å². The van der Waals surface area contributed by atoms with Crippen LogP contribution < -0.4 is 15.0 Å². The van der Waals surface area contributed by atoms with Crippen LogP contribution in [0, 0.1) is 0 Å². The van der Waals surface area contributed by atoms with Gasteiger partial charge in [-0.2, -0.15) is 0 Å². The Bertz CT molecular complexity index is 717. The van der Waals surface area contributed by atoms with Crippen LogP contribution in [-0.2, 0) is 11.3 Å². The van der Waals surface area contributed by atoms with Crippen LogP contribution in [0.3, 0.4) is 0 Å². The maximum Gasteiger partial charge on any atom is 0.193 e. The van der Waals surface area contributed by atoms with Crippen LogP contribution in [0.15, 0.2) is 46.8 Å². The number of methoxy groups -OCH3 is 1. The second kappa shape index (κ2) is 12.9. The van der Waals surface area contributed by atoms with Crippen molar-refractivity contribution < 1.29 is 9.47 Å². The summed E-state index contributed by atoms with van der Waals surface area (Å²) in [5.41, 5.74) is 1.16. The lowest BCUT2D eigenvalue weighted by Crippen LogP contribution is -2.52. The molecule has 1 aromatic heterocycles. The third-order valence-electron chi connectivity index (χ3n) is 4.79. The number of halogens is 1. The summed E-state index contributed by atoms with van der Waals surface area (Å²) in [7, 11) is 3.53. The highest BCUT2D eigenvalue weighted by Gasteiger charge is 2.19. The molecule has 1 saturated heterocycles. The lowest BCUT2D eigenvalue weighted by molar-refractivity contribution is 0.119. The van der Waals surface area contributed by atoms with Gasteiger partial charge in [-0.15, -0.1) is 35.3 Å². The molecular weight excluding hydrogens is 499 g/mol. The lowest BCUT2D eigenvalue weighted by Gasteiger charge is -2.37. The van der Waals surface area contributed by atoms with Crippen molar-refractivity contribution in [3.8, 4) is 5.75 Å². The molecule has 0 aliphatic carbocycles. The third kappa shape index (κ3) is 7.35. The van der Waals surface area contributed by atoms with Gasteiger partial charge in [0.15, 0.2) is 5.96 Å². The Morgan fingerprint density at radius 2 is 1.90 bits per heavy atom. The predicted octanol–water partition coefficient (Wildman–Crippen LogP) is 3.68. The summed E-state index contributed by atoms with van der Waals surface area (Å²) in [6.45, 7) is 6.27. The van der Waals surface area contributed by atoms with Crippen molar-refractivity contribution in [3.05, 3.63) is 47.3 Å². The number of anilines is 1. The second-order valence-corrected chi connectivity index (χ2v) is 7.58. The van der Waals surface area contributed by atoms with Crippen LogP contribution in [0.5, 0.6) is 5.75 Å². The zero-order valence-electron chi connectivity index (χ0n) is 17.2. The van der Waals surface area contributed by atoms with E-state index in [1.165, 1.54) is 5.00 Å². The number of benzene rings is 1. The molecule has 1 N–H and O–H groups in total. The SMILES string of the molecule is CN=C(NCCCOCc1ccc(OC)cc1)N1CCN(c2cccs2)CC1.I. The number of rotatable bonds is 8. The average Bonchev–Trinajstić information content (AvgIpc) is 3.29. The smallest absolute Gasteiger partial charge is 0.193 e. The summed E-state index contributed by atoms with van der Waals surface area (Å²) in [6, 6.07) is 12.3. The molecule has 1 fully saturated rings. The fourth-order valence-electron chi connectivity index (χ4n) is 3.21. The Morgan fingerprint density at radius 1 is 1.14 bits per heavy atom. The van der Waals surface area contributed by atoms with Crippen LogP contribution >= 0.6 is 35.3 Å². The number of guanidine groups is 1. The van der Waals surface area contributed by atoms with E-state index >= 15 is 0 Å². The Morgan fingerprint density at radius 3 is 2.52 bits per heavy atom. The third-order valence-corrected chi connectivity index (χ3v) is 5.71. The topological polar surface area (TPSA) is 49.3 Å². The first-order chi connectivity index (χ1) is 13.8. The number of thiophene rings is 1. The fraction of sp³-hybridized carbons (Fsp3) is 0.476. The predicted molar refractivity (Wildman–Crippen MR) is 132 cm³/mol. The second-order valence-electron chi connectivity index (χ2n) is 6.65. The first-order valence-electron chi connectivity index (χ1n) is 9.75. The number of hydrogen-bond acceptors (Lipinski definition) is 5. The van der Waals surface area contributed by atoms with E-state index in [2.05, 4.69) is 37.6 Å². The summed E-state index contributed by atoms with van der Waals surface area (Å²) < 4.78 is 10.9. The monoisotopic (exact) mass is 530 g/mol. The van der Waals surface area contributed by atoms with Crippen molar-refractivity contribution >= 4 is 46.3 Å². The molecule has 0 amide bonds. The molecule has 8 heteroatoms. The number of piperazine rings is 1. The Kier molecular flexibility index (Phi) is 10.6. The quantitative estimate of drug-likeness (QED) is 0.244. The van der Waals surface area contributed by atoms with E-state index in [0.29, 0.717) is 6.61 Å². The number of hydrogen-bond donors (Lipinski definition) is 1. The van der Waals surface area contributed by atoms with E-state index in [9.17, 15) is 0 Å². The van der Waals surface area contributed by atoms with Gasteiger partial charge in [-0.25, -0.2) is 0 Å². The van der Waals surface area contributed by atoms with E-state index < -0.39 is 0 Å². The van der Waals surface area contributed by atoms with Crippen molar-refractivity contribution in [1.29, 1.82) is 0 Å². The molecule has 0 saturated carbocycles. The molecule has 1 aliphatic heterocycles. The molecule has 0 radical (unpaired) electrons. The highest BCUT2D eigenvalue weighted by molar-refractivity contribution is 14.0. The fourth-order valence-corrected chi connectivity index (χ4v) is 3.99. The Hall–Kier alpha value is -1.52. The molecule has 2 heterocycles. The first-order valence-corrected chi connectivity index (χ1v) is 10.6. The minimum absolute atomic E-state index is 0. The molecule has 0 atom stereocenters. The molecule has 2 aromatic rings. The van der Waals surface area contributed by atoms with E-state index in [-0.39, 0.29) is 24.0 Å². The summed E-state index contributed by atoms with van der Waals surface area (Å²) in [5, 5.41) is 6.96. The van der Waals surface area contributed by atoms with Crippen LogP contribution in [0.1, 0.15) is 12.0 Å². The molecule has 1 aromatic carbocycles. The molecule has 6 nitrogen and oxygen atoms in total. The van der Waals surface area contributed by atoms with E-state index in [0.717, 1.165) is 63.0 Å². The zero-order chi connectivity index (χ0) is 19.6. The summed E-state index contributed by atoms with van der Waals surface area (Å²) in [6.07, 6.45) is 0.949. The standard InChI is InChI=1S/C21H30N4O2S.HI/c1-22-21(25-13-11-24(12-14-25)20-5-3-16-28-20)23-10-4-15-27-17-18-6-8-19(26-2)9-7-18;/h3,5-9,16H,4,10-15,17H2,1-2H3,(H,22,23);1H. The molecule has 0 spiro atoms. The van der Waals surface area contributed by atoms with Gasteiger partial charge in [0.2, 0.25) is 0 Å². The van der Waals surface area contributed by atoms with Gasteiger partial charge in [-0.3, -0.25) is 4.99 Å². The summed E-state index contributed by atoms with van der Waals surface area (Å²) >= 11 is 1.81. The van der Waals surface area contributed by atoms with E-state index in [4.69, 9.17) is 9.47 Å². The van der Waals surface area contributed by atoms with Gasteiger partial charge in [-0.05, 0) is 41.6 Å². The lowest BCUT2D eigenvalue weighted by atomic mass is 10.2. The number of nitrogens with one attached hydrogen (secondary N) is 1. The largest absolute Gasteiger partial charge is 0.497 e. The average molecular weight is 530 g/mol. The first kappa shape index (κ1) is 23.8. The highest BCUT2D eigenvalue weighted by Crippen LogP contribution is 2.22. The maximum atomic E-state index is 5.77. The van der Waals surface area contributed by atoms with Gasteiger partial charge in [0.05, 0.1) is 18.7 Å². The molecular formula is C21H31IN4O2S. The molecule has 0 bridgehead atoms. The van der Waals surface area contributed by atoms with Gasteiger partial charge < -0.3 is 24.6 Å². The molecule has 160 valence electrons. The summed E-state index contributed by atoms with van der Waals surface area (Å²) in [4.78, 5) is 9.23. The van der Waals surface area contributed by atoms with Crippen LogP contribution in [-0.4, -0.2) is 64.3 Å². The van der Waals surface area contributed by atoms with E-state index in [1.54, 1.807) is 7.11 Å². The normalized spacial score (nSPS) is 14.5. The van der Waals surface area contributed by atoms with Crippen LogP contribution in [0.4, 0.5) is 5.00 Å². The van der Waals surface area contributed by atoms with Crippen molar-refractivity contribution in [2.75, 3.05) is 58.4 Å². The number of nitrogens with zero attached hydrogens (tertiary/aromatic N) is 3. The van der Waals surface area contributed by atoms with Crippen molar-refractivity contribution in [2.45, 2.75) is 13.0 Å². The Labute approximate surface area is 194 Å². The van der Waals surface area contributed by atoms with Gasteiger partial charge in [0.1, 0.15) is 5.75 Å². The van der Waals surface area contributed by atoms with Crippen molar-refractivity contribution in [2.24, 2.45) is 4.99 Å². The molecule has 29 heavy (non-hydrogen) atoms.